The van der Waals surface area contributed by atoms with E-state index < -0.39 is 0 Å². The Hall–Kier alpha value is -2.93. The zero-order valence-electron chi connectivity index (χ0n) is 17.5. The third kappa shape index (κ3) is 3.99. The maximum absolute atomic E-state index is 14.1. The summed E-state index contributed by atoms with van der Waals surface area (Å²) in [5.74, 6) is -0.258. The molecule has 0 radical (unpaired) electrons. The molecule has 2 atom stereocenters. The van der Waals surface area contributed by atoms with E-state index in [1.54, 1.807) is 37.4 Å². The predicted molar refractivity (Wildman–Crippen MR) is 135 cm³/mol. The maximum atomic E-state index is 14.1. The molecule has 0 bridgehead atoms. The number of pyridine rings is 1. The summed E-state index contributed by atoms with van der Waals surface area (Å²) in [7, 11) is 0. The van der Waals surface area contributed by atoms with E-state index in [4.69, 9.17) is 35.4 Å². The van der Waals surface area contributed by atoms with Crippen LogP contribution >= 0.6 is 35.4 Å². The fourth-order valence-corrected chi connectivity index (χ4v) is 5.09. The number of aryl methyl sites for hydroxylation is 1. The molecule has 0 saturated carbocycles. The van der Waals surface area contributed by atoms with Gasteiger partial charge in [-0.2, -0.15) is 0 Å². The standard InChI is InChI=1S/C25H19Cl2FN4S/c1-15-13-17(8-9-19(15)28)32-24(23(30-25(32)33)20-5-2-3-11-29-20)22-6-4-12-31(22)21-10-7-16(26)14-18(21)27/h2-14,23-24H,1H3,(H,30,33)/t23-,24+/m0/s1. The Kier molecular flexibility index (Phi) is 5.83. The van der Waals surface area contributed by atoms with Gasteiger partial charge in [0, 0.05) is 28.8 Å². The number of halogens is 3. The van der Waals surface area contributed by atoms with E-state index in [0.717, 1.165) is 22.8 Å². The molecule has 4 aromatic rings. The summed E-state index contributed by atoms with van der Waals surface area (Å²) in [5.41, 5.74) is 3.94. The van der Waals surface area contributed by atoms with Crippen LogP contribution in [-0.2, 0) is 0 Å². The molecule has 4 nitrogen and oxygen atoms in total. The molecule has 1 fully saturated rings. The summed E-state index contributed by atoms with van der Waals surface area (Å²) in [6.07, 6.45) is 3.71. The molecule has 2 aromatic heterocycles. The van der Waals surface area contributed by atoms with Gasteiger partial charge in [0.05, 0.1) is 22.4 Å². The normalized spacial score (nSPS) is 17.9. The Labute approximate surface area is 206 Å². The molecule has 3 heterocycles. The van der Waals surface area contributed by atoms with Crippen LogP contribution in [0.2, 0.25) is 10.0 Å². The maximum Gasteiger partial charge on any atom is 0.174 e. The highest BCUT2D eigenvalue weighted by atomic mass is 35.5. The number of aromatic nitrogens is 2. The van der Waals surface area contributed by atoms with Crippen LogP contribution in [0.4, 0.5) is 10.1 Å². The third-order valence-electron chi connectivity index (χ3n) is 5.77. The lowest BCUT2D eigenvalue weighted by Crippen LogP contribution is -2.30. The van der Waals surface area contributed by atoms with Gasteiger partial charge in [-0.25, -0.2) is 4.39 Å². The van der Waals surface area contributed by atoms with Crippen LogP contribution in [-0.4, -0.2) is 14.7 Å². The van der Waals surface area contributed by atoms with E-state index in [9.17, 15) is 4.39 Å². The second-order valence-corrected chi connectivity index (χ2v) is 9.06. The summed E-state index contributed by atoms with van der Waals surface area (Å²) in [4.78, 5) is 6.60. The van der Waals surface area contributed by atoms with Gasteiger partial charge in [0.2, 0.25) is 0 Å². The van der Waals surface area contributed by atoms with Crippen LogP contribution < -0.4 is 10.2 Å². The first-order valence-electron chi connectivity index (χ1n) is 10.3. The third-order valence-corrected chi connectivity index (χ3v) is 6.62. The Morgan fingerprint density at radius 2 is 1.88 bits per heavy atom. The second kappa shape index (κ2) is 8.78. The molecular weight excluding hydrogens is 478 g/mol. The molecule has 0 spiro atoms. The van der Waals surface area contributed by atoms with Gasteiger partial charge in [-0.05, 0) is 85.4 Å². The zero-order valence-corrected chi connectivity index (χ0v) is 19.9. The lowest BCUT2D eigenvalue weighted by molar-refractivity contribution is 0.549. The molecule has 0 amide bonds. The number of nitrogens with one attached hydrogen (secondary N) is 1. The molecule has 5 rings (SSSR count). The minimum atomic E-state index is -0.265. The van der Waals surface area contributed by atoms with Crippen molar-refractivity contribution in [1.82, 2.24) is 14.9 Å². The largest absolute Gasteiger partial charge is 0.351 e. The topological polar surface area (TPSA) is 33.1 Å². The Morgan fingerprint density at radius 3 is 2.61 bits per heavy atom. The van der Waals surface area contributed by atoms with Gasteiger partial charge in [0.1, 0.15) is 11.9 Å². The molecule has 1 aliphatic rings. The van der Waals surface area contributed by atoms with Gasteiger partial charge in [0.15, 0.2) is 5.11 Å². The summed E-state index contributed by atoms with van der Waals surface area (Å²) >= 11 is 18.5. The van der Waals surface area contributed by atoms with Crippen molar-refractivity contribution in [2.45, 2.75) is 19.0 Å². The first kappa shape index (κ1) is 21.9. The summed E-state index contributed by atoms with van der Waals surface area (Å²) in [6, 6.07) is 19.7. The van der Waals surface area contributed by atoms with E-state index in [1.807, 2.05) is 52.1 Å². The second-order valence-electron chi connectivity index (χ2n) is 7.83. The van der Waals surface area contributed by atoms with Gasteiger partial charge in [-0.1, -0.05) is 29.3 Å². The Bertz CT molecular complexity index is 1340. The van der Waals surface area contributed by atoms with Gasteiger partial charge in [-0.3, -0.25) is 4.98 Å². The van der Waals surface area contributed by atoms with Crippen molar-refractivity contribution in [3.8, 4) is 5.69 Å². The predicted octanol–water partition coefficient (Wildman–Crippen LogP) is 6.80. The molecular formula is C25H19Cl2FN4S. The highest BCUT2D eigenvalue weighted by molar-refractivity contribution is 7.80. The summed E-state index contributed by atoms with van der Waals surface area (Å²) in [5, 5.41) is 5.07. The Balaban J connectivity index is 1.69. The summed E-state index contributed by atoms with van der Waals surface area (Å²) < 4.78 is 16.1. The van der Waals surface area contributed by atoms with Gasteiger partial charge in [0.25, 0.3) is 0 Å². The number of thiocarbonyl (C=S) groups is 1. The van der Waals surface area contributed by atoms with Crippen molar-refractivity contribution in [2.24, 2.45) is 0 Å². The minimum absolute atomic E-state index is 0.233. The first-order valence-corrected chi connectivity index (χ1v) is 11.5. The molecule has 0 unspecified atom stereocenters. The monoisotopic (exact) mass is 496 g/mol. The van der Waals surface area contributed by atoms with E-state index in [1.165, 1.54) is 6.07 Å². The van der Waals surface area contributed by atoms with Crippen LogP contribution in [0.15, 0.2) is 79.1 Å². The highest BCUT2D eigenvalue weighted by Gasteiger charge is 2.42. The van der Waals surface area contributed by atoms with Gasteiger partial charge < -0.3 is 14.8 Å². The number of benzene rings is 2. The van der Waals surface area contributed by atoms with Crippen molar-refractivity contribution in [1.29, 1.82) is 0 Å². The van der Waals surface area contributed by atoms with Crippen molar-refractivity contribution in [3.63, 3.8) is 0 Å². The fourth-order valence-electron chi connectivity index (χ4n) is 4.24. The van der Waals surface area contributed by atoms with Crippen molar-refractivity contribution in [2.75, 3.05) is 4.90 Å². The highest BCUT2D eigenvalue weighted by Crippen LogP contribution is 2.43. The number of hydrogen-bond donors (Lipinski definition) is 1. The van der Waals surface area contributed by atoms with Crippen LogP contribution in [0, 0.1) is 12.7 Å². The van der Waals surface area contributed by atoms with Gasteiger partial charge in [-0.15, -0.1) is 0 Å². The van der Waals surface area contributed by atoms with Crippen LogP contribution in [0.3, 0.4) is 0 Å². The smallest absolute Gasteiger partial charge is 0.174 e. The molecule has 33 heavy (non-hydrogen) atoms. The van der Waals surface area contributed by atoms with Gasteiger partial charge >= 0.3 is 0 Å². The van der Waals surface area contributed by atoms with Crippen molar-refractivity contribution >= 4 is 46.2 Å². The van der Waals surface area contributed by atoms with E-state index >= 15 is 0 Å². The number of nitrogens with zero attached hydrogens (tertiary/aromatic N) is 3. The molecule has 2 aromatic carbocycles. The van der Waals surface area contributed by atoms with Crippen LogP contribution in [0.5, 0.6) is 0 Å². The van der Waals surface area contributed by atoms with Crippen molar-refractivity contribution in [3.05, 3.63) is 112 Å². The molecule has 166 valence electrons. The first-order chi connectivity index (χ1) is 15.9. The molecule has 8 heteroatoms. The zero-order chi connectivity index (χ0) is 23.1. The molecule has 1 saturated heterocycles. The fraction of sp³-hybridized carbons (Fsp3) is 0.120. The van der Waals surface area contributed by atoms with E-state index in [0.29, 0.717) is 20.7 Å². The van der Waals surface area contributed by atoms with Crippen molar-refractivity contribution < 1.29 is 4.39 Å². The summed E-state index contributed by atoms with van der Waals surface area (Å²) in [6.45, 7) is 1.74. The SMILES string of the molecule is Cc1cc(N2C(=S)N[C@@H](c3ccccn3)[C@H]2c2cccn2-c2ccc(Cl)cc2Cl)ccc1F. The molecule has 0 aliphatic carbocycles. The quantitative estimate of drug-likeness (QED) is 0.314. The van der Waals surface area contributed by atoms with Crippen LogP contribution in [0.1, 0.15) is 29.0 Å². The molecule has 1 N–H and O–H groups in total. The average molecular weight is 497 g/mol. The van der Waals surface area contributed by atoms with E-state index in [-0.39, 0.29) is 17.9 Å². The average Bonchev–Trinajstić information content (AvgIpc) is 3.40. The minimum Gasteiger partial charge on any atom is -0.351 e. The Morgan fingerprint density at radius 1 is 1.03 bits per heavy atom. The van der Waals surface area contributed by atoms with E-state index in [2.05, 4.69) is 10.3 Å². The molecule has 1 aliphatic heterocycles. The lowest BCUT2D eigenvalue weighted by Gasteiger charge is -2.29. The van der Waals surface area contributed by atoms with Crippen LogP contribution in [0.25, 0.3) is 5.69 Å². The number of rotatable bonds is 4. The lowest BCUT2D eigenvalue weighted by atomic mass is 10.0. The number of hydrogen-bond acceptors (Lipinski definition) is 2. The number of anilines is 1.